The molecular weight excluding hydrogens is 314 g/mol. The SMILES string of the molecule is CCc1nn(C[C@H](O)c2ccccc2Cl)c(=O)c(C#N)c1CC. The van der Waals surface area contributed by atoms with E-state index in [1.54, 1.807) is 24.3 Å². The van der Waals surface area contributed by atoms with E-state index in [0.717, 1.165) is 4.68 Å². The van der Waals surface area contributed by atoms with Crippen LogP contribution in [0, 0.1) is 11.3 Å². The average molecular weight is 332 g/mol. The summed E-state index contributed by atoms with van der Waals surface area (Å²) in [5.74, 6) is 0. The minimum absolute atomic E-state index is 0.0474. The minimum atomic E-state index is -0.974. The second-order valence-electron chi connectivity index (χ2n) is 5.14. The van der Waals surface area contributed by atoms with Crippen molar-refractivity contribution in [2.45, 2.75) is 39.3 Å². The highest BCUT2D eigenvalue weighted by molar-refractivity contribution is 6.31. The Morgan fingerprint density at radius 1 is 1.35 bits per heavy atom. The lowest BCUT2D eigenvalue weighted by Crippen LogP contribution is -2.30. The van der Waals surface area contributed by atoms with E-state index in [-0.39, 0.29) is 12.1 Å². The van der Waals surface area contributed by atoms with Gasteiger partial charge in [0.1, 0.15) is 17.7 Å². The number of aromatic nitrogens is 2. The largest absolute Gasteiger partial charge is 0.386 e. The molecule has 2 rings (SSSR count). The first kappa shape index (κ1) is 17.2. The number of rotatable bonds is 5. The molecule has 1 aromatic heterocycles. The van der Waals surface area contributed by atoms with Gasteiger partial charge in [0.05, 0.1) is 12.2 Å². The van der Waals surface area contributed by atoms with Crippen LogP contribution in [-0.2, 0) is 19.4 Å². The summed E-state index contributed by atoms with van der Waals surface area (Å²) < 4.78 is 1.16. The number of hydrogen-bond acceptors (Lipinski definition) is 4. The van der Waals surface area contributed by atoms with E-state index in [1.807, 2.05) is 19.9 Å². The Morgan fingerprint density at radius 3 is 2.61 bits per heavy atom. The van der Waals surface area contributed by atoms with Crippen molar-refractivity contribution >= 4 is 11.6 Å². The van der Waals surface area contributed by atoms with E-state index in [0.29, 0.717) is 34.7 Å². The van der Waals surface area contributed by atoms with Gasteiger partial charge in [0.2, 0.25) is 0 Å². The number of benzene rings is 1. The highest BCUT2D eigenvalue weighted by Gasteiger charge is 2.18. The Bertz CT molecular complexity index is 808. The third kappa shape index (κ3) is 3.44. The number of hydrogen-bond donors (Lipinski definition) is 1. The lowest BCUT2D eigenvalue weighted by Gasteiger charge is -2.16. The fourth-order valence-electron chi connectivity index (χ4n) is 2.57. The van der Waals surface area contributed by atoms with Gasteiger partial charge in [0, 0.05) is 10.6 Å². The Kier molecular flexibility index (Phi) is 5.54. The van der Waals surface area contributed by atoms with Crippen molar-refractivity contribution in [1.82, 2.24) is 9.78 Å². The molecule has 0 aliphatic heterocycles. The van der Waals surface area contributed by atoms with Gasteiger partial charge in [-0.2, -0.15) is 10.4 Å². The molecular formula is C17H18ClN3O2. The predicted molar refractivity (Wildman–Crippen MR) is 88.4 cm³/mol. The number of aryl methyl sites for hydroxylation is 1. The van der Waals surface area contributed by atoms with Crippen molar-refractivity contribution in [3.63, 3.8) is 0 Å². The van der Waals surface area contributed by atoms with Gasteiger partial charge >= 0.3 is 0 Å². The molecule has 6 heteroatoms. The Morgan fingerprint density at radius 2 is 2.04 bits per heavy atom. The summed E-state index contributed by atoms with van der Waals surface area (Å²) in [6.45, 7) is 3.76. The van der Waals surface area contributed by atoms with Gasteiger partial charge in [0.25, 0.3) is 5.56 Å². The Hall–Kier alpha value is -2.16. The molecule has 0 unspecified atom stereocenters. The molecule has 2 aromatic rings. The molecule has 23 heavy (non-hydrogen) atoms. The van der Waals surface area contributed by atoms with Gasteiger partial charge in [-0.15, -0.1) is 0 Å². The summed E-state index contributed by atoms with van der Waals surface area (Å²) in [6, 6.07) is 8.88. The highest BCUT2D eigenvalue weighted by Crippen LogP contribution is 2.23. The van der Waals surface area contributed by atoms with Crippen LogP contribution in [0.3, 0.4) is 0 Å². The lowest BCUT2D eigenvalue weighted by molar-refractivity contribution is 0.149. The van der Waals surface area contributed by atoms with Crippen LogP contribution in [0.15, 0.2) is 29.1 Å². The molecule has 0 spiro atoms. The normalized spacial score (nSPS) is 12.0. The number of halogens is 1. The predicted octanol–water partition coefficient (Wildman–Crippen LogP) is 2.63. The van der Waals surface area contributed by atoms with Crippen LogP contribution >= 0.6 is 11.6 Å². The van der Waals surface area contributed by atoms with Crippen molar-refractivity contribution in [2.75, 3.05) is 0 Å². The Labute approximate surface area is 139 Å². The zero-order valence-electron chi connectivity index (χ0n) is 13.1. The molecule has 1 heterocycles. The van der Waals surface area contributed by atoms with Crippen LogP contribution in [0.25, 0.3) is 0 Å². The van der Waals surface area contributed by atoms with Crippen molar-refractivity contribution in [3.05, 3.63) is 62.0 Å². The maximum atomic E-state index is 12.4. The quantitative estimate of drug-likeness (QED) is 0.913. The van der Waals surface area contributed by atoms with Crippen LogP contribution in [-0.4, -0.2) is 14.9 Å². The van der Waals surface area contributed by atoms with Gasteiger partial charge in [-0.3, -0.25) is 4.79 Å². The van der Waals surface area contributed by atoms with Crippen molar-refractivity contribution in [3.8, 4) is 6.07 Å². The zero-order valence-corrected chi connectivity index (χ0v) is 13.8. The second-order valence-corrected chi connectivity index (χ2v) is 5.55. The molecule has 5 nitrogen and oxygen atoms in total. The fraction of sp³-hybridized carbons (Fsp3) is 0.353. The molecule has 0 bridgehead atoms. The molecule has 0 fully saturated rings. The third-order valence-electron chi connectivity index (χ3n) is 3.75. The molecule has 0 saturated carbocycles. The van der Waals surface area contributed by atoms with E-state index in [2.05, 4.69) is 5.10 Å². The van der Waals surface area contributed by atoms with Crippen molar-refractivity contribution in [1.29, 1.82) is 5.26 Å². The van der Waals surface area contributed by atoms with Crippen molar-refractivity contribution in [2.24, 2.45) is 0 Å². The van der Waals surface area contributed by atoms with E-state index < -0.39 is 11.7 Å². The number of aliphatic hydroxyl groups excluding tert-OH is 1. The average Bonchev–Trinajstić information content (AvgIpc) is 2.56. The highest BCUT2D eigenvalue weighted by atomic mass is 35.5. The summed E-state index contributed by atoms with van der Waals surface area (Å²) in [7, 11) is 0. The molecule has 120 valence electrons. The third-order valence-corrected chi connectivity index (χ3v) is 4.09. The summed E-state index contributed by atoms with van der Waals surface area (Å²) in [5.41, 5.74) is 1.54. The molecule has 0 radical (unpaired) electrons. The van der Waals surface area contributed by atoms with Gasteiger partial charge < -0.3 is 5.11 Å². The van der Waals surface area contributed by atoms with E-state index in [4.69, 9.17) is 11.6 Å². The van der Waals surface area contributed by atoms with Crippen LogP contribution in [0.1, 0.15) is 42.3 Å². The molecule has 1 aromatic carbocycles. The first-order valence-corrected chi connectivity index (χ1v) is 7.86. The van der Waals surface area contributed by atoms with E-state index >= 15 is 0 Å². The molecule has 0 saturated heterocycles. The lowest BCUT2D eigenvalue weighted by atomic mass is 10.0. The molecule has 0 aliphatic rings. The summed E-state index contributed by atoms with van der Waals surface area (Å²) >= 11 is 6.07. The first-order valence-electron chi connectivity index (χ1n) is 7.48. The smallest absolute Gasteiger partial charge is 0.285 e. The summed E-state index contributed by atoms with van der Waals surface area (Å²) in [6.07, 6.45) is 0.209. The maximum absolute atomic E-state index is 12.4. The second kappa shape index (κ2) is 7.40. The van der Waals surface area contributed by atoms with Crippen LogP contribution in [0.2, 0.25) is 5.02 Å². The van der Waals surface area contributed by atoms with Gasteiger partial charge in [-0.05, 0) is 24.5 Å². The standard InChI is InChI=1S/C17H18ClN3O2/c1-3-11-13(9-19)17(23)21(20-15(11)4-2)10-16(22)12-7-5-6-8-14(12)18/h5-8,16,22H,3-4,10H2,1-2H3/t16-/m0/s1. The van der Waals surface area contributed by atoms with Crippen molar-refractivity contribution < 1.29 is 5.11 Å². The summed E-state index contributed by atoms with van der Waals surface area (Å²) in [4.78, 5) is 12.4. The molecule has 1 N–H and O–H groups in total. The van der Waals surface area contributed by atoms with Crippen LogP contribution in [0.5, 0.6) is 0 Å². The number of nitrogens with zero attached hydrogens (tertiary/aromatic N) is 3. The fourth-order valence-corrected chi connectivity index (χ4v) is 2.83. The van der Waals surface area contributed by atoms with Crippen LogP contribution < -0.4 is 5.56 Å². The van der Waals surface area contributed by atoms with Crippen LogP contribution in [0.4, 0.5) is 0 Å². The van der Waals surface area contributed by atoms with Gasteiger partial charge in [-0.25, -0.2) is 4.68 Å². The molecule has 1 atom stereocenters. The minimum Gasteiger partial charge on any atom is -0.386 e. The number of aliphatic hydroxyl groups is 1. The monoisotopic (exact) mass is 331 g/mol. The number of nitriles is 1. The zero-order chi connectivity index (χ0) is 17.0. The summed E-state index contributed by atoms with van der Waals surface area (Å²) in [5, 5.41) is 24.4. The van der Waals surface area contributed by atoms with E-state index in [1.165, 1.54) is 0 Å². The molecule has 0 aliphatic carbocycles. The Balaban J connectivity index is 2.47. The maximum Gasteiger partial charge on any atom is 0.285 e. The molecule has 0 amide bonds. The topological polar surface area (TPSA) is 78.9 Å². The first-order chi connectivity index (χ1) is 11.0. The van der Waals surface area contributed by atoms with Gasteiger partial charge in [0.15, 0.2) is 0 Å². The van der Waals surface area contributed by atoms with Gasteiger partial charge in [-0.1, -0.05) is 43.6 Å². The van der Waals surface area contributed by atoms with E-state index in [9.17, 15) is 15.2 Å².